The SMILES string of the molecule is O=C(NC(=NC1CCCCC1)NC1CCCCC1)c1ccccc1Cl. The molecule has 0 atom stereocenters. The molecule has 25 heavy (non-hydrogen) atoms. The first-order valence-electron chi connectivity index (χ1n) is 9.62. The van der Waals surface area contributed by atoms with Crippen LogP contribution >= 0.6 is 11.6 Å². The quantitative estimate of drug-likeness (QED) is 0.606. The number of benzene rings is 1. The summed E-state index contributed by atoms with van der Waals surface area (Å²) in [4.78, 5) is 17.5. The number of guanidine groups is 1. The summed E-state index contributed by atoms with van der Waals surface area (Å²) in [7, 11) is 0. The molecule has 0 spiro atoms. The molecule has 3 rings (SSSR count). The third-order valence-corrected chi connectivity index (χ3v) is 5.51. The number of hydrogen-bond donors (Lipinski definition) is 2. The molecule has 1 aromatic rings. The number of rotatable bonds is 3. The number of carbonyl (C=O) groups is 1. The molecule has 0 bridgehead atoms. The molecular weight excluding hydrogens is 334 g/mol. The topological polar surface area (TPSA) is 53.5 Å². The van der Waals surface area contributed by atoms with Gasteiger partial charge in [-0.15, -0.1) is 0 Å². The van der Waals surface area contributed by atoms with Gasteiger partial charge in [0.2, 0.25) is 0 Å². The first-order valence-corrected chi connectivity index (χ1v) is 10.0. The van der Waals surface area contributed by atoms with Crippen molar-refractivity contribution in [2.75, 3.05) is 0 Å². The van der Waals surface area contributed by atoms with Gasteiger partial charge < -0.3 is 5.32 Å². The highest BCUT2D eigenvalue weighted by molar-refractivity contribution is 6.34. The Balaban J connectivity index is 1.71. The molecule has 4 nitrogen and oxygen atoms in total. The van der Waals surface area contributed by atoms with Crippen molar-refractivity contribution in [1.82, 2.24) is 10.6 Å². The van der Waals surface area contributed by atoms with Crippen LogP contribution in [0.3, 0.4) is 0 Å². The molecule has 2 aliphatic carbocycles. The van der Waals surface area contributed by atoms with Gasteiger partial charge in [-0.2, -0.15) is 0 Å². The van der Waals surface area contributed by atoms with Crippen LogP contribution in [0.25, 0.3) is 0 Å². The van der Waals surface area contributed by atoms with Crippen molar-refractivity contribution in [3.8, 4) is 0 Å². The van der Waals surface area contributed by atoms with Crippen LogP contribution in [0, 0.1) is 0 Å². The van der Waals surface area contributed by atoms with Crippen LogP contribution in [-0.2, 0) is 0 Å². The zero-order valence-corrected chi connectivity index (χ0v) is 15.5. The van der Waals surface area contributed by atoms with Crippen molar-refractivity contribution in [2.24, 2.45) is 4.99 Å². The van der Waals surface area contributed by atoms with E-state index >= 15 is 0 Å². The molecule has 2 saturated carbocycles. The van der Waals surface area contributed by atoms with Gasteiger partial charge in [-0.3, -0.25) is 10.1 Å². The third-order valence-electron chi connectivity index (χ3n) is 5.18. The Morgan fingerprint density at radius 3 is 2.28 bits per heavy atom. The molecule has 1 aromatic carbocycles. The Morgan fingerprint density at radius 2 is 1.60 bits per heavy atom. The van der Waals surface area contributed by atoms with Gasteiger partial charge in [0, 0.05) is 6.04 Å². The summed E-state index contributed by atoms with van der Waals surface area (Å²) in [5, 5.41) is 6.95. The summed E-state index contributed by atoms with van der Waals surface area (Å²) < 4.78 is 0. The number of carbonyl (C=O) groups excluding carboxylic acids is 1. The predicted molar refractivity (Wildman–Crippen MR) is 103 cm³/mol. The lowest BCUT2D eigenvalue weighted by Gasteiger charge is -2.26. The van der Waals surface area contributed by atoms with Crippen LogP contribution in [0.5, 0.6) is 0 Å². The monoisotopic (exact) mass is 361 g/mol. The van der Waals surface area contributed by atoms with Gasteiger partial charge >= 0.3 is 0 Å². The molecule has 136 valence electrons. The Hall–Kier alpha value is -1.55. The minimum Gasteiger partial charge on any atom is -0.353 e. The second-order valence-electron chi connectivity index (χ2n) is 7.18. The van der Waals surface area contributed by atoms with Crippen LogP contribution in [0.2, 0.25) is 5.02 Å². The summed E-state index contributed by atoms with van der Waals surface area (Å²) in [5.74, 6) is 0.437. The number of nitrogens with zero attached hydrogens (tertiary/aromatic N) is 1. The molecule has 1 amide bonds. The maximum absolute atomic E-state index is 12.6. The van der Waals surface area contributed by atoms with E-state index in [2.05, 4.69) is 10.6 Å². The Kier molecular flexibility index (Phi) is 6.74. The highest BCUT2D eigenvalue weighted by atomic mass is 35.5. The average molecular weight is 362 g/mol. The number of halogens is 1. The van der Waals surface area contributed by atoms with Crippen LogP contribution in [-0.4, -0.2) is 24.0 Å². The summed E-state index contributed by atoms with van der Waals surface area (Å²) in [6.45, 7) is 0. The summed E-state index contributed by atoms with van der Waals surface area (Å²) >= 11 is 6.17. The van der Waals surface area contributed by atoms with Gasteiger partial charge in [0.05, 0.1) is 16.6 Å². The highest BCUT2D eigenvalue weighted by Gasteiger charge is 2.20. The lowest BCUT2D eigenvalue weighted by molar-refractivity contribution is 0.0975. The third kappa shape index (κ3) is 5.46. The van der Waals surface area contributed by atoms with Crippen molar-refractivity contribution in [3.63, 3.8) is 0 Å². The molecule has 0 saturated heterocycles. The Bertz CT molecular complexity index is 605. The number of aliphatic imine (C=N–C) groups is 1. The molecule has 0 unspecified atom stereocenters. The van der Waals surface area contributed by atoms with Crippen molar-refractivity contribution in [3.05, 3.63) is 34.9 Å². The number of amides is 1. The maximum atomic E-state index is 12.6. The van der Waals surface area contributed by atoms with Crippen molar-refractivity contribution in [2.45, 2.75) is 76.3 Å². The van der Waals surface area contributed by atoms with E-state index in [1.165, 1.54) is 38.5 Å². The molecule has 0 radical (unpaired) electrons. The van der Waals surface area contributed by atoms with E-state index < -0.39 is 0 Å². The van der Waals surface area contributed by atoms with Crippen LogP contribution in [0.4, 0.5) is 0 Å². The summed E-state index contributed by atoms with van der Waals surface area (Å²) in [6.07, 6.45) is 12.0. The molecule has 0 aromatic heterocycles. The zero-order chi connectivity index (χ0) is 17.5. The standard InChI is InChI=1S/C20H28ClN3O/c21-18-14-8-7-13-17(18)19(25)24-20(22-15-9-3-1-4-10-15)23-16-11-5-2-6-12-16/h7-8,13-16H,1-6,9-12H2,(H2,22,23,24,25). The van der Waals surface area contributed by atoms with Gasteiger partial charge in [0.15, 0.2) is 5.96 Å². The van der Waals surface area contributed by atoms with Gasteiger partial charge in [-0.25, -0.2) is 4.99 Å². The van der Waals surface area contributed by atoms with E-state index in [0.29, 0.717) is 28.6 Å². The fraction of sp³-hybridized carbons (Fsp3) is 0.600. The normalized spacial score (nSPS) is 20.3. The van der Waals surface area contributed by atoms with Crippen molar-refractivity contribution >= 4 is 23.5 Å². The first-order chi connectivity index (χ1) is 12.2. The largest absolute Gasteiger partial charge is 0.353 e. The van der Waals surface area contributed by atoms with Crippen LogP contribution in [0.1, 0.15) is 74.6 Å². The molecule has 0 aliphatic heterocycles. The highest BCUT2D eigenvalue weighted by Crippen LogP contribution is 2.21. The molecule has 5 heteroatoms. The van der Waals surface area contributed by atoms with E-state index in [-0.39, 0.29) is 5.91 Å². The zero-order valence-electron chi connectivity index (χ0n) is 14.8. The van der Waals surface area contributed by atoms with Gasteiger partial charge in [-0.1, -0.05) is 62.3 Å². The number of nitrogens with one attached hydrogen (secondary N) is 2. The van der Waals surface area contributed by atoms with E-state index in [9.17, 15) is 4.79 Å². The molecule has 2 aliphatic rings. The average Bonchev–Trinajstić information content (AvgIpc) is 2.63. The van der Waals surface area contributed by atoms with Gasteiger partial charge in [0.1, 0.15) is 0 Å². The minimum atomic E-state index is -0.191. The number of hydrogen-bond acceptors (Lipinski definition) is 2. The fourth-order valence-electron chi connectivity index (χ4n) is 3.76. The maximum Gasteiger partial charge on any atom is 0.259 e. The lowest BCUT2D eigenvalue weighted by Crippen LogP contribution is -2.47. The first kappa shape index (κ1) is 18.2. The van der Waals surface area contributed by atoms with E-state index in [0.717, 1.165) is 25.7 Å². The second kappa shape index (κ2) is 9.23. The minimum absolute atomic E-state index is 0.191. The predicted octanol–water partition coefficient (Wildman–Crippen LogP) is 4.68. The Labute approximate surface area is 155 Å². The van der Waals surface area contributed by atoms with E-state index in [1.807, 2.05) is 12.1 Å². The van der Waals surface area contributed by atoms with E-state index in [4.69, 9.17) is 16.6 Å². The van der Waals surface area contributed by atoms with Crippen LogP contribution < -0.4 is 10.6 Å². The smallest absolute Gasteiger partial charge is 0.259 e. The molecule has 2 N–H and O–H groups in total. The lowest BCUT2D eigenvalue weighted by atomic mass is 9.95. The van der Waals surface area contributed by atoms with Gasteiger partial charge in [0.25, 0.3) is 5.91 Å². The molecular formula is C20H28ClN3O. The van der Waals surface area contributed by atoms with E-state index in [1.54, 1.807) is 12.1 Å². The molecule has 0 heterocycles. The summed E-state index contributed by atoms with van der Waals surface area (Å²) in [6, 6.07) is 7.86. The molecule has 2 fully saturated rings. The van der Waals surface area contributed by atoms with Crippen molar-refractivity contribution < 1.29 is 4.79 Å². The second-order valence-corrected chi connectivity index (χ2v) is 7.59. The fourth-order valence-corrected chi connectivity index (χ4v) is 3.98. The van der Waals surface area contributed by atoms with Crippen molar-refractivity contribution in [1.29, 1.82) is 0 Å². The summed E-state index contributed by atoms with van der Waals surface area (Å²) in [5.41, 5.74) is 0.492. The van der Waals surface area contributed by atoms with Crippen LogP contribution in [0.15, 0.2) is 29.3 Å². The van der Waals surface area contributed by atoms with Gasteiger partial charge in [-0.05, 0) is 37.8 Å². The Morgan fingerprint density at radius 1 is 0.960 bits per heavy atom.